The molecule has 5 atom stereocenters. The summed E-state index contributed by atoms with van der Waals surface area (Å²) < 4.78 is 16.2. The molecular weight excluding hydrogens is 777 g/mol. The first-order chi connectivity index (χ1) is 29.4. The topological polar surface area (TPSA) is 184 Å². The van der Waals surface area contributed by atoms with Gasteiger partial charge in [-0.05, 0) is 73.2 Å². The van der Waals surface area contributed by atoms with Gasteiger partial charge in [-0.2, -0.15) is 0 Å². The number of aromatic amines is 2. The van der Waals surface area contributed by atoms with Gasteiger partial charge in [0.15, 0.2) is 0 Å². The highest BCUT2D eigenvalue weighted by Gasteiger charge is 2.39. The number of hydrogen-bond donors (Lipinski definition) is 4. The maximum absolute atomic E-state index is 13.7. The van der Waals surface area contributed by atoms with Crippen molar-refractivity contribution in [2.24, 2.45) is 11.8 Å². The van der Waals surface area contributed by atoms with Gasteiger partial charge in [0.25, 0.3) is 0 Å². The van der Waals surface area contributed by atoms with Crippen LogP contribution >= 0.6 is 0 Å². The van der Waals surface area contributed by atoms with Crippen LogP contribution in [0.4, 0.5) is 9.59 Å². The molecule has 15 nitrogen and oxygen atoms in total. The Morgan fingerprint density at radius 3 is 1.77 bits per heavy atom. The fourth-order valence-corrected chi connectivity index (χ4v) is 9.06. The third-order valence-corrected chi connectivity index (χ3v) is 12.5. The minimum atomic E-state index is -0.701. The van der Waals surface area contributed by atoms with Gasteiger partial charge in [0.2, 0.25) is 11.8 Å². The van der Waals surface area contributed by atoms with Gasteiger partial charge in [0, 0.05) is 46.6 Å². The monoisotopic (exact) mass is 830 g/mol. The highest BCUT2D eigenvalue weighted by Crippen LogP contribution is 2.48. The van der Waals surface area contributed by atoms with Crippen molar-refractivity contribution in [1.82, 2.24) is 40.4 Å². The van der Waals surface area contributed by atoms with Crippen molar-refractivity contribution in [3.63, 3.8) is 0 Å². The zero-order valence-electron chi connectivity index (χ0n) is 35.7. The molecule has 0 saturated carbocycles. The van der Waals surface area contributed by atoms with Crippen LogP contribution in [0, 0.1) is 11.8 Å². The number of fused-ring (bicyclic) bond motifs is 4. The Labute approximate surface area is 354 Å². The normalized spacial score (nSPS) is 19.3. The molecule has 8 rings (SSSR count). The molecule has 2 fully saturated rings. The number of H-pyrrole nitrogens is 2. The highest BCUT2D eigenvalue weighted by atomic mass is 16.5. The summed E-state index contributed by atoms with van der Waals surface area (Å²) in [5, 5.41) is 7.44. The van der Waals surface area contributed by atoms with Crippen LogP contribution in [-0.2, 0) is 19.1 Å². The van der Waals surface area contributed by atoms with Gasteiger partial charge in [-0.3, -0.25) is 9.59 Å². The zero-order valence-corrected chi connectivity index (χ0v) is 35.7. The minimum absolute atomic E-state index is 0.0498. The number of alkyl carbamates (subject to hydrolysis) is 2. The molecule has 0 aliphatic carbocycles. The van der Waals surface area contributed by atoms with Crippen LogP contribution in [0.5, 0.6) is 11.5 Å². The number of ether oxygens (including phenoxy) is 3. The van der Waals surface area contributed by atoms with E-state index in [1.54, 1.807) is 0 Å². The molecule has 3 aliphatic heterocycles. The Morgan fingerprint density at radius 1 is 0.721 bits per heavy atom. The second-order valence-corrected chi connectivity index (χ2v) is 17.0. The molecule has 2 aromatic heterocycles. The second kappa shape index (κ2) is 16.9. The lowest BCUT2D eigenvalue weighted by Gasteiger charge is -2.30. The van der Waals surface area contributed by atoms with Gasteiger partial charge in [-0.25, -0.2) is 19.6 Å². The molecule has 5 aromatic rings. The van der Waals surface area contributed by atoms with E-state index in [1.807, 2.05) is 62.0 Å². The number of nitrogens with one attached hydrogen (secondary N) is 4. The number of imidazole rings is 2. The first-order valence-corrected chi connectivity index (χ1v) is 21.2. The fraction of sp³-hybridized carbons (Fsp3) is 0.435. The number of aromatic nitrogens is 4. The van der Waals surface area contributed by atoms with Crippen LogP contribution in [0.2, 0.25) is 0 Å². The molecule has 61 heavy (non-hydrogen) atoms. The lowest BCUT2D eigenvalue weighted by Crippen LogP contribution is -2.51. The first kappa shape index (κ1) is 41.4. The number of hydrogen-bond acceptors (Lipinski definition) is 9. The molecule has 5 heterocycles. The average molecular weight is 831 g/mol. The summed E-state index contributed by atoms with van der Waals surface area (Å²) >= 11 is 0. The Hall–Kier alpha value is -6.38. The van der Waals surface area contributed by atoms with E-state index in [9.17, 15) is 19.2 Å². The van der Waals surface area contributed by atoms with Crippen LogP contribution < -0.4 is 15.4 Å². The van der Waals surface area contributed by atoms with Gasteiger partial charge in [0.1, 0.15) is 35.2 Å². The Morgan fingerprint density at radius 2 is 1.25 bits per heavy atom. The highest BCUT2D eigenvalue weighted by molar-refractivity contribution is 5.94. The second-order valence-electron chi connectivity index (χ2n) is 17.0. The zero-order chi connectivity index (χ0) is 43.1. The van der Waals surface area contributed by atoms with Crippen LogP contribution in [0.25, 0.3) is 33.3 Å². The van der Waals surface area contributed by atoms with Crippen molar-refractivity contribution in [3.05, 3.63) is 83.7 Å². The van der Waals surface area contributed by atoms with Crippen LogP contribution in [0.1, 0.15) is 101 Å². The maximum atomic E-state index is 13.7. The Balaban J connectivity index is 0.987. The number of carbonyl (C=O) groups excluding carboxylic acids is 4. The minimum Gasteiger partial charge on any atom is -0.456 e. The molecular formula is C46H54N8O7. The molecule has 4 amide bonds. The molecule has 15 heteroatoms. The quantitative estimate of drug-likeness (QED) is 0.108. The van der Waals surface area contributed by atoms with E-state index in [2.05, 4.69) is 63.9 Å². The molecule has 0 spiro atoms. The summed E-state index contributed by atoms with van der Waals surface area (Å²) in [6, 6.07) is 14.9. The predicted molar refractivity (Wildman–Crippen MR) is 229 cm³/mol. The summed E-state index contributed by atoms with van der Waals surface area (Å²) in [6.07, 6.45) is 5.59. The first-order valence-electron chi connectivity index (χ1n) is 21.2. The number of rotatable bonds is 10. The third-order valence-electron chi connectivity index (χ3n) is 12.5. The molecule has 0 bridgehead atoms. The van der Waals surface area contributed by atoms with Gasteiger partial charge in [-0.1, -0.05) is 52.8 Å². The van der Waals surface area contributed by atoms with Crippen LogP contribution in [-0.4, -0.2) is 93.1 Å². The Bertz CT molecular complexity index is 2470. The van der Waals surface area contributed by atoms with Crippen molar-refractivity contribution < 1.29 is 33.4 Å². The van der Waals surface area contributed by atoms with Crippen molar-refractivity contribution >= 4 is 34.8 Å². The van der Waals surface area contributed by atoms with Gasteiger partial charge < -0.3 is 44.6 Å². The predicted octanol–water partition coefficient (Wildman–Crippen LogP) is 7.97. The molecule has 3 aliphatic rings. The van der Waals surface area contributed by atoms with E-state index in [0.717, 1.165) is 81.6 Å². The van der Waals surface area contributed by atoms with Crippen molar-refractivity contribution in [1.29, 1.82) is 0 Å². The largest absolute Gasteiger partial charge is 0.456 e. The SMILES string of the molecule is COC(=O)N[C@H](C(=O)N1CCC[C@H]1c1ncc(-c2ccc3c(c2)C(C)c2ccc4cc(-c5cnc([C@@H]6CCCN6C(=O)[C@@H](NC(=O)OC)C(C)C)[nH]5)ccc4c2O3)[nH]1)C(C)C. The lowest BCUT2D eigenvalue weighted by molar-refractivity contribution is -0.136. The third kappa shape index (κ3) is 7.88. The van der Waals surface area contributed by atoms with Gasteiger partial charge >= 0.3 is 12.2 Å². The number of amides is 4. The summed E-state index contributed by atoms with van der Waals surface area (Å²) in [7, 11) is 2.58. The molecule has 3 aromatic carbocycles. The number of carbonyl (C=O) groups is 4. The lowest BCUT2D eigenvalue weighted by atomic mass is 9.86. The van der Waals surface area contributed by atoms with E-state index in [-0.39, 0.29) is 41.7 Å². The molecule has 320 valence electrons. The molecule has 4 N–H and O–H groups in total. The van der Waals surface area contributed by atoms with Gasteiger partial charge in [0.05, 0.1) is 50.1 Å². The number of nitrogens with zero attached hydrogens (tertiary/aromatic N) is 4. The smallest absolute Gasteiger partial charge is 0.407 e. The number of methoxy groups -OCH3 is 2. The summed E-state index contributed by atoms with van der Waals surface area (Å²) in [6.45, 7) is 11.0. The number of benzene rings is 3. The van der Waals surface area contributed by atoms with E-state index in [0.29, 0.717) is 24.7 Å². The van der Waals surface area contributed by atoms with E-state index >= 15 is 0 Å². The average Bonchev–Trinajstić information content (AvgIpc) is 4.11. The molecule has 2 saturated heterocycles. The summed E-state index contributed by atoms with van der Waals surface area (Å²) in [5.74, 6) is 2.58. The standard InChI is InChI=1S/C46H54N8O7/c1-24(2)38(51-45(57)59-6)43(55)53-18-8-10-35(53)41-47-22-33(49-41)28-13-16-31-27(20-28)12-15-30-26(5)32-21-29(14-17-37(32)61-40(30)31)34-23-48-42(50-34)36-11-9-19-54(36)44(56)39(25(3)4)52-46(58)60-7/h12-17,20-26,35-36,38-39H,8-11,18-19H2,1-7H3,(H,47,49)(H,48,50)(H,51,57)(H,52,58)/t26?,35-,36-,38-,39-/m0/s1. The van der Waals surface area contributed by atoms with E-state index in [1.165, 1.54) is 14.2 Å². The van der Waals surface area contributed by atoms with Crippen molar-refractivity contribution in [2.75, 3.05) is 27.3 Å². The van der Waals surface area contributed by atoms with Crippen LogP contribution in [0.3, 0.4) is 0 Å². The fourth-order valence-electron chi connectivity index (χ4n) is 9.06. The van der Waals surface area contributed by atoms with E-state index < -0.39 is 24.3 Å². The van der Waals surface area contributed by atoms with Crippen molar-refractivity contribution in [2.45, 2.75) is 90.4 Å². The Kier molecular flexibility index (Phi) is 11.5. The summed E-state index contributed by atoms with van der Waals surface area (Å²) in [5.41, 5.74) is 5.77. The van der Waals surface area contributed by atoms with E-state index in [4.69, 9.17) is 24.2 Å². The van der Waals surface area contributed by atoms with Crippen LogP contribution in [0.15, 0.2) is 60.9 Å². The maximum Gasteiger partial charge on any atom is 0.407 e. The molecule has 1 unspecified atom stereocenters. The van der Waals surface area contributed by atoms with Crippen molar-refractivity contribution in [3.8, 4) is 34.0 Å². The molecule has 0 radical (unpaired) electrons. The van der Waals surface area contributed by atoms with Gasteiger partial charge in [-0.15, -0.1) is 0 Å². The number of likely N-dealkylation sites (tertiary alicyclic amines) is 2. The summed E-state index contributed by atoms with van der Waals surface area (Å²) in [4.78, 5) is 71.5.